The summed E-state index contributed by atoms with van der Waals surface area (Å²) in [6.07, 6.45) is 80.0. The summed E-state index contributed by atoms with van der Waals surface area (Å²) in [6, 6.07) is -0.532. The standard InChI is InChI=1S/C65H131NO3/c1-3-5-7-9-11-13-15-17-19-21-23-25-27-29-30-31-32-33-34-35-36-37-38-40-42-44-46-48-50-52-54-56-58-60-64(68)63(62-67)66-65(69)61-59-57-55-53-51-49-47-45-43-41-39-28-26-24-22-20-18-16-14-12-10-8-6-4-2/h63-64,67-68H,3-62H2,1-2H3,(H,66,69). The second kappa shape index (κ2) is 61.7. The molecule has 69 heavy (non-hydrogen) atoms. The van der Waals surface area contributed by atoms with Gasteiger partial charge in [-0.05, 0) is 12.8 Å². The molecule has 0 saturated heterocycles. The molecule has 0 aromatic rings. The largest absolute Gasteiger partial charge is 0.394 e. The Bertz CT molecular complexity index is 925. The lowest BCUT2D eigenvalue weighted by Gasteiger charge is -2.22. The van der Waals surface area contributed by atoms with Crippen molar-refractivity contribution >= 4 is 5.91 Å². The Morgan fingerprint density at radius 1 is 0.290 bits per heavy atom. The molecular weight excluding hydrogens is 843 g/mol. The van der Waals surface area contributed by atoms with Crippen molar-refractivity contribution < 1.29 is 15.0 Å². The van der Waals surface area contributed by atoms with Crippen molar-refractivity contribution in [2.24, 2.45) is 0 Å². The molecule has 0 aromatic carbocycles. The van der Waals surface area contributed by atoms with E-state index < -0.39 is 12.1 Å². The van der Waals surface area contributed by atoms with E-state index in [4.69, 9.17) is 0 Å². The molecule has 0 aliphatic rings. The van der Waals surface area contributed by atoms with Gasteiger partial charge in [-0.3, -0.25) is 4.79 Å². The summed E-state index contributed by atoms with van der Waals surface area (Å²) in [4.78, 5) is 12.5. The first kappa shape index (κ1) is 68.4. The van der Waals surface area contributed by atoms with Crippen molar-refractivity contribution in [2.45, 2.75) is 405 Å². The van der Waals surface area contributed by atoms with Crippen LogP contribution in [0.2, 0.25) is 0 Å². The highest BCUT2D eigenvalue weighted by Crippen LogP contribution is 2.20. The maximum atomic E-state index is 12.5. The maximum Gasteiger partial charge on any atom is 0.220 e. The number of rotatable bonds is 62. The average molecular weight is 975 g/mol. The van der Waals surface area contributed by atoms with Crippen molar-refractivity contribution in [3.05, 3.63) is 0 Å². The first-order valence-electron chi connectivity index (χ1n) is 32.7. The van der Waals surface area contributed by atoms with E-state index in [0.29, 0.717) is 12.8 Å². The van der Waals surface area contributed by atoms with Gasteiger partial charge in [0.05, 0.1) is 18.8 Å². The van der Waals surface area contributed by atoms with Crippen molar-refractivity contribution in [2.75, 3.05) is 6.61 Å². The van der Waals surface area contributed by atoms with E-state index >= 15 is 0 Å². The minimum absolute atomic E-state index is 0.0203. The van der Waals surface area contributed by atoms with Gasteiger partial charge in [0.1, 0.15) is 0 Å². The Balaban J connectivity index is 3.36. The molecule has 0 saturated carbocycles. The van der Waals surface area contributed by atoms with Crippen molar-refractivity contribution in [1.29, 1.82) is 0 Å². The van der Waals surface area contributed by atoms with Gasteiger partial charge in [0.15, 0.2) is 0 Å². The number of hydrogen-bond acceptors (Lipinski definition) is 3. The molecule has 1 amide bonds. The van der Waals surface area contributed by atoms with Gasteiger partial charge in [-0.25, -0.2) is 0 Å². The third-order valence-electron chi connectivity index (χ3n) is 15.9. The van der Waals surface area contributed by atoms with E-state index in [1.807, 2.05) is 0 Å². The zero-order valence-electron chi connectivity index (χ0n) is 47.9. The number of carbonyl (C=O) groups is 1. The van der Waals surface area contributed by atoms with Crippen LogP contribution in [0.5, 0.6) is 0 Å². The lowest BCUT2D eigenvalue weighted by atomic mass is 10.0. The van der Waals surface area contributed by atoms with Crippen molar-refractivity contribution in [3.63, 3.8) is 0 Å². The molecule has 0 radical (unpaired) electrons. The SMILES string of the molecule is CCCCCCCCCCCCCCCCCCCCCCCCCCCCCCCCCCCC(O)C(CO)NC(=O)CCCCCCCCCCCCCCCCCCCCCCCCCC. The summed E-state index contributed by atoms with van der Waals surface area (Å²) >= 11 is 0. The van der Waals surface area contributed by atoms with E-state index in [1.54, 1.807) is 0 Å². The molecule has 414 valence electrons. The highest BCUT2D eigenvalue weighted by atomic mass is 16.3. The fourth-order valence-electron chi connectivity index (χ4n) is 10.9. The van der Waals surface area contributed by atoms with E-state index in [-0.39, 0.29) is 12.5 Å². The van der Waals surface area contributed by atoms with Crippen LogP contribution < -0.4 is 5.32 Å². The van der Waals surface area contributed by atoms with Crippen LogP contribution in [-0.4, -0.2) is 34.9 Å². The summed E-state index contributed by atoms with van der Waals surface area (Å²) in [6.45, 7) is 4.42. The summed E-state index contributed by atoms with van der Waals surface area (Å²) in [5, 5.41) is 23.4. The van der Waals surface area contributed by atoms with Gasteiger partial charge >= 0.3 is 0 Å². The topological polar surface area (TPSA) is 69.6 Å². The number of aliphatic hydroxyl groups is 2. The first-order chi connectivity index (χ1) is 34.2. The molecule has 4 heteroatoms. The number of carbonyl (C=O) groups excluding carboxylic acids is 1. The molecule has 0 fully saturated rings. The second-order valence-corrected chi connectivity index (χ2v) is 22.9. The molecule has 0 spiro atoms. The van der Waals surface area contributed by atoms with Crippen molar-refractivity contribution in [1.82, 2.24) is 5.32 Å². The molecule has 0 bridgehead atoms. The Kier molecular flexibility index (Phi) is 61.1. The Morgan fingerprint density at radius 2 is 0.464 bits per heavy atom. The van der Waals surface area contributed by atoms with E-state index in [9.17, 15) is 15.0 Å². The molecule has 0 aliphatic heterocycles. The number of nitrogens with one attached hydrogen (secondary N) is 1. The quantitative estimate of drug-likeness (QED) is 0.0532. The van der Waals surface area contributed by atoms with Crippen LogP contribution in [0.25, 0.3) is 0 Å². The zero-order valence-corrected chi connectivity index (χ0v) is 47.9. The smallest absolute Gasteiger partial charge is 0.220 e. The molecule has 4 nitrogen and oxygen atoms in total. The summed E-state index contributed by atoms with van der Waals surface area (Å²) in [7, 11) is 0. The fraction of sp³-hybridized carbons (Fsp3) is 0.985. The summed E-state index contributed by atoms with van der Waals surface area (Å²) < 4.78 is 0. The highest BCUT2D eigenvalue weighted by molar-refractivity contribution is 5.76. The van der Waals surface area contributed by atoms with Crippen LogP contribution in [0, 0.1) is 0 Å². The molecule has 0 aromatic heterocycles. The van der Waals surface area contributed by atoms with Crippen LogP contribution >= 0.6 is 0 Å². The normalized spacial score (nSPS) is 12.6. The monoisotopic (exact) mass is 974 g/mol. The number of hydrogen-bond donors (Lipinski definition) is 3. The van der Waals surface area contributed by atoms with Crippen LogP contribution in [0.15, 0.2) is 0 Å². The Morgan fingerprint density at radius 3 is 0.652 bits per heavy atom. The molecule has 2 atom stereocenters. The first-order valence-corrected chi connectivity index (χ1v) is 32.7. The third-order valence-corrected chi connectivity index (χ3v) is 15.9. The fourth-order valence-corrected chi connectivity index (χ4v) is 10.9. The van der Waals surface area contributed by atoms with Crippen molar-refractivity contribution in [3.8, 4) is 0 Å². The lowest BCUT2D eigenvalue weighted by Crippen LogP contribution is -2.45. The molecule has 0 heterocycles. The average Bonchev–Trinajstić information content (AvgIpc) is 3.35. The van der Waals surface area contributed by atoms with Gasteiger partial charge in [-0.2, -0.15) is 0 Å². The number of amides is 1. The second-order valence-electron chi connectivity index (χ2n) is 22.9. The van der Waals surface area contributed by atoms with Gasteiger partial charge in [0, 0.05) is 6.42 Å². The lowest BCUT2D eigenvalue weighted by molar-refractivity contribution is -0.123. The van der Waals surface area contributed by atoms with Crippen LogP contribution in [0.1, 0.15) is 393 Å². The van der Waals surface area contributed by atoms with Crippen LogP contribution in [0.3, 0.4) is 0 Å². The number of unbranched alkanes of at least 4 members (excludes halogenated alkanes) is 55. The van der Waals surface area contributed by atoms with Crippen LogP contribution in [0.4, 0.5) is 0 Å². The van der Waals surface area contributed by atoms with E-state index in [2.05, 4.69) is 19.2 Å². The predicted molar refractivity (Wildman–Crippen MR) is 309 cm³/mol. The van der Waals surface area contributed by atoms with E-state index in [1.165, 1.54) is 340 Å². The van der Waals surface area contributed by atoms with Crippen LogP contribution in [-0.2, 0) is 4.79 Å². The number of aliphatic hydroxyl groups excluding tert-OH is 2. The van der Waals surface area contributed by atoms with Gasteiger partial charge in [-0.15, -0.1) is 0 Å². The summed E-state index contributed by atoms with van der Waals surface area (Å²) in [5.41, 5.74) is 0. The minimum atomic E-state index is -0.656. The summed E-state index contributed by atoms with van der Waals surface area (Å²) in [5.74, 6) is -0.0203. The van der Waals surface area contributed by atoms with Gasteiger partial charge in [-0.1, -0.05) is 373 Å². The highest BCUT2D eigenvalue weighted by Gasteiger charge is 2.20. The molecule has 3 N–H and O–H groups in total. The molecule has 2 unspecified atom stereocenters. The molecule has 0 rings (SSSR count). The third kappa shape index (κ3) is 58.2. The Hall–Kier alpha value is -0.610. The Labute approximate surface area is 435 Å². The zero-order chi connectivity index (χ0) is 49.9. The van der Waals surface area contributed by atoms with E-state index in [0.717, 1.165) is 25.7 Å². The maximum absolute atomic E-state index is 12.5. The van der Waals surface area contributed by atoms with Gasteiger partial charge in [0.25, 0.3) is 0 Å². The molecular formula is C65H131NO3. The van der Waals surface area contributed by atoms with Gasteiger partial charge < -0.3 is 15.5 Å². The van der Waals surface area contributed by atoms with Gasteiger partial charge in [0.2, 0.25) is 5.91 Å². The predicted octanol–water partition coefficient (Wildman–Crippen LogP) is 21.9. The molecule has 0 aliphatic carbocycles. The minimum Gasteiger partial charge on any atom is -0.394 e.